The van der Waals surface area contributed by atoms with Crippen LogP contribution in [0.3, 0.4) is 0 Å². The van der Waals surface area contributed by atoms with Gasteiger partial charge in [-0.2, -0.15) is 4.98 Å². The van der Waals surface area contributed by atoms with Crippen molar-refractivity contribution >= 4 is 11.6 Å². The minimum atomic E-state index is -0.0578. The van der Waals surface area contributed by atoms with E-state index in [2.05, 4.69) is 10.1 Å². The molecule has 0 spiro atoms. The zero-order valence-electron chi connectivity index (χ0n) is 15.4. The summed E-state index contributed by atoms with van der Waals surface area (Å²) in [5.41, 5.74) is 1.90. The zero-order chi connectivity index (χ0) is 18.1. The van der Waals surface area contributed by atoms with Gasteiger partial charge in [0.15, 0.2) is 5.82 Å². The minimum Gasteiger partial charge on any atom is -0.495 e. The summed E-state index contributed by atoms with van der Waals surface area (Å²) in [6.45, 7) is 2.55. The highest BCUT2D eigenvalue weighted by atomic mass is 16.5. The number of amides is 1. The lowest BCUT2D eigenvalue weighted by atomic mass is 10.0. The van der Waals surface area contributed by atoms with E-state index in [1.165, 1.54) is 25.7 Å². The van der Waals surface area contributed by atoms with Crippen molar-refractivity contribution in [2.45, 2.75) is 51.4 Å². The normalized spacial score (nSPS) is 20.9. The van der Waals surface area contributed by atoms with Gasteiger partial charge in [0.1, 0.15) is 5.75 Å². The van der Waals surface area contributed by atoms with E-state index in [4.69, 9.17) is 9.26 Å². The Kier molecular flexibility index (Phi) is 4.66. The van der Waals surface area contributed by atoms with Crippen LogP contribution in [-0.2, 0) is 11.2 Å². The molecule has 1 atom stereocenters. The molecule has 6 nitrogen and oxygen atoms in total. The van der Waals surface area contributed by atoms with Gasteiger partial charge in [-0.05, 0) is 30.5 Å². The topological polar surface area (TPSA) is 68.5 Å². The molecule has 1 aromatic heterocycles. The van der Waals surface area contributed by atoms with Crippen molar-refractivity contribution in [2.24, 2.45) is 5.92 Å². The van der Waals surface area contributed by atoms with E-state index in [-0.39, 0.29) is 11.8 Å². The van der Waals surface area contributed by atoms with E-state index in [9.17, 15) is 4.79 Å². The van der Waals surface area contributed by atoms with Gasteiger partial charge in [-0.1, -0.05) is 36.9 Å². The van der Waals surface area contributed by atoms with Crippen molar-refractivity contribution in [1.82, 2.24) is 10.1 Å². The summed E-state index contributed by atoms with van der Waals surface area (Å²) in [7, 11) is 1.62. The molecule has 138 valence electrons. The molecule has 26 heavy (non-hydrogen) atoms. The molecule has 1 amide bonds. The summed E-state index contributed by atoms with van der Waals surface area (Å²) in [5.74, 6) is 2.76. The minimum absolute atomic E-state index is 0.0578. The molecule has 1 saturated carbocycles. The van der Waals surface area contributed by atoms with Gasteiger partial charge in [0.25, 0.3) is 0 Å². The van der Waals surface area contributed by atoms with E-state index in [1.807, 2.05) is 25.1 Å². The van der Waals surface area contributed by atoms with Crippen LogP contribution < -0.4 is 9.64 Å². The Bertz CT molecular complexity index is 795. The molecule has 0 N–H and O–H groups in total. The lowest BCUT2D eigenvalue weighted by molar-refractivity contribution is -0.117. The second-order valence-electron chi connectivity index (χ2n) is 7.48. The van der Waals surface area contributed by atoms with Crippen molar-refractivity contribution in [2.75, 3.05) is 18.6 Å². The van der Waals surface area contributed by atoms with Gasteiger partial charge in [0.05, 0.1) is 18.7 Å². The Labute approximate surface area is 153 Å². The fraction of sp³-hybridized carbons (Fsp3) is 0.550. The first kappa shape index (κ1) is 17.1. The molecule has 2 aliphatic rings. The van der Waals surface area contributed by atoms with Gasteiger partial charge in [-0.25, -0.2) is 0 Å². The van der Waals surface area contributed by atoms with Crippen LogP contribution >= 0.6 is 0 Å². The third kappa shape index (κ3) is 3.32. The van der Waals surface area contributed by atoms with Crippen LogP contribution in [0.4, 0.5) is 5.69 Å². The van der Waals surface area contributed by atoms with Gasteiger partial charge < -0.3 is 14.2 Å². The maximum absolute atomic E-state index is 12.6. The lowest BCUT2D eigenvalue weighted by Gasteiger charge is -2.19. The highest BCUT2D eigenvalue weighted by Gasteiger charge is 2.36. The molecule has 1 aromatic carbocycles. The number of carbonyl (C=O) groups is 1. The first-order chi connectivity index (χ1) is 12.6. The number of nitrogens with zero attached hydrogens (tertiary/aromatic N) is 3. The number of benzene rings is 1. The van der Waals surface area contributed by atoms with Crippen molar-refractivity contribution in [1.29, 1.82) is 0 Å². The summed E-state index contributed by atoms with van der Waals surface area (Å²) in [6, 6.07) is 5.86. The number of ether oxygens (including phenoxy) is 1. The Balaban J connectivity index is 1.49. The average molecular weight is 355 g/mol. The molecular formula is C20H25N3O3. The SMILES string of the molecule is COc1ccc(C)cc1N1CC(c2nc(CC3CCCC3)no2)CC1=O. The smallest absolute Gasteiger partial charge is 0.232 e. The van der Waals surface area contributed by atoms with Crippen LogP contribution in [0.15, 0.2) is 22.7 Å². The van der Waals surface area contributed by atoms with Gasteiger partial charge in [0.2, 0.25) is 11.8 Å². The number of hydrogen-bond acceptors (Lipinski definition) is 5. The van der Waals surface area contributed by atoms with Crippen LogP contribution in [0.5, 0.6) is 5.75 Å². The predicted octanol–water partition coefficient (Wildman–Crippen LogP) is 3.64. The second kappa shape index (κ2) is 7.09. The molecule has 2 aromatic rings. The van der Waals surface area contributed by atoms with Gasteiger partial charge in [-0.3, -0.25) is 4.79 Å². The Morgan fingerprint density at radius 2 is 2.12 bits per heavy atom. The number of carbonyl (C=O) groups excluding carboxylic acids is 1. The largest absolute Gasteiger partial charge is 0.495 e. The monoisotopic (exact) mass is 355 g/mol. The highest BCUT2D eigenvalue weighted by Crippen LogP contribution is 2.37. The second-order valence-corrected chi connectivity index (χ2v) is 7.48. The fourth-order valence-electron chi connectivity index (χ4n) is 4.11. The third-order valence-corrected chi connectivity index (χ3v) is 5.53. The van der Waals surface area contributed by atoms with Crippen LogP contribution in [0.25, 0.3) is 0 Å². The summed E-state index contributed by atoms with van der Waals surface area (Å²) in [5, 5.41) is 4.15. The van der Waals surface area contributed by atoms with E-state index < -0.39 is 0 Å². The first-order valence-corrected chi connectivity index (χ1v) is 9.41. The Morgan fingerprint density at radius 1 is 1.31 bits per heavy atom. The van der Waals surface area contributed by atoms with E-state index in [0.29, 0.717) is 30.5 Å². The van der Waals surface area contributed by atoms with Gasteiger partial charge in [0, 0.05) is 19.4 Å². The van der Waals surface area contributed by atoms with Crippen molar-refractivity contribution in [3.05, 3.63) is 35.5 Å². The molecule has 1 aliphatic heterocycles. The number of rotatable bonds is 5. The van der Waals surface area contributed by atoms with Crippen molar-refractivity contribution < 1.29 is 14.1 Å². The molecule has 2 fully saturated rings. The van der Waals surface area contributed by atoms with Crippen LogP contribution in [-0.4, -0.2) is 29.7 Å². The molecule has 4 rings (SSSR count). The Hall–Kier alpha value is -2.37. The molecule has 1 aliphatic carbocycles. The number of methoxy groups -OCH3 is 1. The molecule has 0 radical (unpaired) electrons. The summed E-state index contributed by atoms with van der Waals surface area (Å²) >= 11 is 0. The van der Waals surface area contributed by atoms with E-state index in [0.717, 1.165) is 23.5 Å². The third-order valence-electron chi connectivity index (χ3n) is 5.53. The quantitative estimate of drug-likeness (QED) is 0.819. The van der Waals surface area contributed by atoms with E-state index >= 15 is 0 Å². The average Bonchev–Trinajstić information content (AvgIpc) is 3.36. The van der Waals surface area contributed by atoms with Crippen molar-refractivity contribution in [3.63, 3.8) is 0 Å². The molecular weight excluding hydrogens is 330 g/mol. The van der Waals surface area contributed by atoms with Crippen molar-refractivity contribution in [3.8, 4) is 5.75 Å². The number of aryl methyl sites for hydroxylation is 1. The molecule has 1 unspecified atom stereocenters. The molecule has 1 saturated heterocycles. The summed E-state index contributed by atoms with van der Waals surface area (Å²) < 4.78 is 10.9. The standard InChI is InChI=1S/C20H25N3O3/c1-13-7-8-17(25-2)16(9-13)23-12-15(11-19(23)24)20-21-18(22-26-20)10-14-5-3-4-6-14/h7-9,14-15H,3-6,10-12H2,1-2H3. The van der Waals surface area contributed by atoms with Gasteiger partial charge in [-0.15, -0.1) is 0 Å². The maximum Gasteiger partial charge on any atom is 0.232 e. The number of hydrogen-bond donors (Lipinski definition) is 0. The van der Waals surface area contributed by atoms with Crippen LogP contribution in [0, 0.1) is 12.8 Å². The number of aromatic nitrogens is 2. The zero-order valence-corrected chi connectivity index (χ0v) is 15.4. The Morgan fingerprint density at radius 3 is 2.88 bits per heavy atom. The first-order valence-electron chi connectivity index (χ1n) is 9.41. The molecule has 2 heterocycles. The molecule has 0 bridgehead atoms. The van der Waals surface area contributed by atoms with Gasteiger partial charge >= 0.3 is 0 Å². The summed E-state index contributed by atoms with van der Waals surface area (Å²) in [6.07, 6.45) is 6.40. The highest BCUT2D eigenvalue weighted by molar-refractivity contribution is 5.97. The van der Waals surface area contributed by atoms with Crippen LogP contribution in [0.1, 0.15) is 55.3 Å². The summed E-state index contributed by atoms with van der Waals surface area (Å²) in [4.78, 5) is 19.0. The molecule has 6 heteroatoms. The fourth-order valence-corrected chi connectivity index (χ4v) is 4.11. The van der Waals surface area contributed by atoms with Crippen LogP contribution in [0.2, 0.25) is 0 Å². The maximum atomic E-state index is 12.6. The predicted molar refractivity (Wildman–Crippen MR) is 97.4 cm³/mol. The van der Waals surface area contributed by atoms with E-state index in [1.54, 1.807) is 12.0 Å². The number of anilines is 1. The lowest BCUT2D eigenvalue weighted by Crippen LogP contribution is -2.25.